The maximum atomic E-state index is 11.0. The summed E-state index contributed by atoms with van der Waals surface area (Å²) in [4.78, 5) is 0. The summed E-state index contributed by atoms with van der Waals surface area (Å²) in [7, 11) is 0. The van der Waals surface area contributed by atoms with E-state index in [2.05, 4.69) is 13.8 Å². The van der Waals surface area contributed by atoms with Crippen molar-refractivity contribution in [2.24, 2.45) is 34.5 Å². The zero-order chi connectivity index (χ0) is 17.3. The highest BCUT2D eigenvalue weighted by Gasteiger charge is 2.67. The van der Waals surface area contributed by atoms with Gasteiger partial charge in [0.1, 0.15) is 5.60 Å². The Morgan fingerprint density at radius 1 is 0.917 bits per heavy atom. The van der Waals surface area contributed by atoms with Crippen LogP contribution in [-0.2, 0) is 0 Å². The van der Waals surface area contributed by atoms with E-state index in [1.165, 1.54) is 0 Å². The summed E-state index contributed by atoms with van der Waals surface area (Å²) in [5.41, 5.74) is -1.42. The van der Waals surface area contributed by atoms with E-state index in [0.29, 0.717) is 35.5 Å². The van der Waals surface area contributed by atoms with Gasteiger partial charge in [-0.2, -0.15) is 0 Å². The van der Waals surface area contributed by atoms with Gasteiger partial charge in [-0.3, -0.25) is 0 Å². The zero-order valence-electron chi connectivity index (χ0n) is 15.1. The van der Waals surface area contributed by atoms with E-state index >= 15 is 0 Å². The monoisotopic (exact) mass is 338 g/mol. The second kappa shape index (κ2) is 5.42. The van der Waals surface area contributed by atoms with E-state index < -0.39 is 11.7 Å². The summed E-state index contributed by atoms with van der Waals surface area (Å²) in [5, 5.41) is 41.5. The van der Waals surface area contributed by atoms with Gasteiger partial charge in [0.05, 0.1) is 18.8 Å². The van der Waals surface area contributed by atoms with Crippen molar-refractivity contribution in [1.29, 1.82) is 0 Å². The maximum absolute atomic E-state index is 11.0. The highest BCUT2D eigenvalue weighted by Crippen LogP contribution is 2.68. The predicted molar refractivity (Wildman–Crippen MR) is 91.2 cm³/mol. The molecule has 0 aliphatic heterocycles. The normalized spacial score (nSPS) is 60.2. The van der Waals surface area contributed by atoms with Gasteiger partial charge in [0, 0.05) is 5.41 Å². The summed E-state index contributed by atoms with van der Waals surface area (Å²) in [6.45, 7) is 4.19. The van der Waals surface area contributed by atoms with Gasteiger partial charge in [0.25, 0.3) is 0 Å². The third-order valence-corrected chi connectivity index (χ3v) is 9.29. The van der Waals surface area contributed by atoms with Gasteiger partial charge < -0.3 is 20.4 Å². The van der Waals surface area contributed by atoms with Gasteiger partial charge in [-0.1, -0.05) is 13.8 Å². The lowest BCUT2D eigenvalue weighted by Gasteiger charge is -2.61. The van der Waals surface area contributed by atoms with Crippen LogP contribution in [0.1, 0.15) is 65.2 Å². The van der Waals surface area contributed by atoms with Crippen LogP contribution in [0, 0.1) is 34.5 Å². The molecule has 138 valence electrons. The average molecular weight is 338 g/mol. The standard InChI is InChI=1S/C20H34O4/c1-18-7-5-13(22)9-12(18)3-4-14-15(18)6-8-19(2)16(14)10-17(23)20(19,24)11-21/h12-17,21-24H,3-11H2,1-2H3/t12?,13?,14-,15-,16+,17?,18+,19+,20?/m1/s1. The SMILES string of the molecule is C[C@]12CCC(O)CC1CC[C@@H]1[C@H]2CC[C@@]2(C)[C@H]1CC(O)C2(O)CO. The fourth-order valence-corrected chi connectivity index (χ4v) is 7.63. The van der Waals surface area contributed by atoms with E-state index in [9.17, 15) is 20.4 Å². The molecule has 4 N–H and O–H groups in total. The average Bonchev–Trinajstić information content (AvgIpc) is 2.76. The second-order valence-electron chi connectivity index (χ2n) is 9.88. The molecule has 0 heterocycles. The van der Waals surface area contributed by atoms with E-state index in [1.807, 2.05) is 0 Å². The van der Waals surface area contributed by atoms with Crippen molar-refractivity contribution in [3.63, 3.8) is 0 Å². The van der Waals surface area contributed by atoms with Crippen LogP contribution in [0.15, 0.2) is 0 Å². The Morgan fingerprint density at radius 2 is 1.67 bits per heavy atom. The molecule has 24 heavy (non-hydrogen) atoms. The molecule has 4 unspecified atom stereocenters. The van der Waals surface area contributed by atoms with Crippen molar-refractivity contribution in [3.8, 4) is 0 Å². The molecule has 4 fully saturated rings. The molecule has 0 bridgehead atoms. The highest BCUT2D eigenvalue weighted by molar-refractivity contribution is 5.17. The van der Waals surface area contributed by atoms with Crippen molar-refractivity contribution in [1.82, 2.24) is 0 Å². The molecule has 4 saturated carbocycles. The topological polar surface area (TPSA) is 80.9 Å². The molecular formula is C20H34O4. The van der Waals surface area contributed by atoms with Gasteiger partial charge in [-0.25, -0.2) is 0 Å². The second-order valence-corrected chi connectivity index (χ2v) is 9.88. The van der Waals surface area contributed by atoms with Crippen LogP contribution in [0.2, 0.25) is 0 Å². The van der Waals surface area contributed by atoms with Crippen LogP contribution >= 0.6 is 0 Å². The molecule has 4 aliphatic rings. The summed E-state index contributed by atoms with van der Waals surface area (Å²) in [6.07, 6.45) is 6.94. The van der Waals surface area contributed by atoms with Crippen LogP contribution in [0.25, 0.3) is 0 Å². The quantitative estimate of drug-likeness (QED) is 0.590. The lowest BCUT2D eigenvalue weighted by Crippen LogP contribution is -2.59. The molecule has 0 aromatic carbocycles. The molecule has 0 spiro atoms. The number of hydrogen-bond acceptors (Lipinski definition) is 4. The Kier molecular flexibility index (Phi) is 3.90. The van der Waals surface area contributed by atoms with E-state index in [1.54, 1.807) is 0 Å². The first-order chi connectivity index (χ1) is 11.3. The van der Waals surface area contributed by atoms with Gasteiger partial charge in [0.15, 0.2) is 0 Å². The smallest absolute Gasteiger partial charge is 0.119 e. The van der Waals surface area contributed by atoms with Crippen LogP contribution in [0.4, 0.5) is 0 Å². The van der Waals surface area contributed by atoms with E-state index in [0.717, 1.165) is 44.9 Å². The molecule has 4 heteroatoms. The van der Waals surface area contributed by atoms with Crippen molar-refractivity contribution in [2.75, 3.05) is 6.61 Å². The van der Waals surface area contributed by atoms with Crippen molar-refractivity contribution >= 4 is 0 Å². The molecule has 4 rings (SSSR count). The fraction of sp³-hybridized carbons (Fsp3) is 1.00. The number of aliphatic hydroxyl groups excluding tert-OH is 3. The van der Waals surface area contributed by atoms with Crippen molar-refractivity contribution in [3.05, 3.63) is 0 Å². The minimum atomic E-state index is -1.34. The molecule has 4 nitrogen and oxygen atoms in total. The minimum absolute atomic E-state index is 0.124. The number of fused-ring (bicyclic) bond motifs is 5. The summed E-state index contributed by atoms with van der Waals surface area (Å²) in [5.74, 6) is 2.09. The van der Waals surface area contributed by atoms with Crippen molar-refractivity contribution in [2.45, 2.75) is 83.0 Å². The molecule has 0 radical (unpaired) electrons. The Balaban J connectivity index is 1.65. The molecule has 0 amide bonds. The zero-order valence-corrected chi connectivity index (χ0v) is 15.1. The first-order valence-electron chi connectivity index (χ1n) is 9.95. The Morgan fingerprint density at radius 3 is 2.38 bits per heavy atom. The Hall–Kier alpha value is -0.160. The minimum Gasteiger partial charge on any atom is -0.393 e. The van der Waals surface area contributed by atoms with Crippen molar-refractivity contribution < 1.29 is 20.4 Å². The number of rotatable bonds is 1. The first kappa shape index (κ1) is 17.3. The lowest BCUT2D eigenvalue weighted by molar-refractivity contribution is -0.186. The van der Waals surface area contributed by atoms with Gasteiger partial charge in [-0.15, -0.1) is 0 Å². The number of hydrogen-bond donors (Lipinski definition) is 4. The third kappa shape index (κ3) is 2.00. The number of aliphatic hydroxyl groups is 4. The lowest BCUT2D eigenvalue weighted by atomic mass is 9.44. The fourth-order valence-electron chi connectivity index (χ4n) is 7.63. The Bertz CT molecular complexity index is 510. The van der Waals surface area contributed by atoms with Gasteiger partial charge >= 0.3 is 0 Å². The molecular weight excluding hydrogens is 304 g/mol. The highest BCUT2D eigenvalue weighted by atomic mass is 16.4. The predicted octanol–water partition coefficient (Wildman–Crippen LogP) is 2.08. The molecule has 4 aliphatic carbocycles. The summed E-state index contributed by atoms with van der Waals surface area (Å²) < 4.78 is 0. The molecule has 0 aromatic rings. The van der Waals surface area contributed by atoms with Crippen LogP contribution in [0.5, 0.6) is 0 Å². The maximum Gasteiger partial charge on any atom is 0.119 e. The van der Waals surface area contributed by atoms with Gasteiger partial charge in [-0.05, 0) is 80.5 Å². The van der Waals surface area contributed by atoms with Gasteiger partial charge in [0.2, 0.25) is 0 Å². The summed E-state index contributed by atoms with van der Waals surface area (Å²) in [6, 6.07) is 0. The summed E-state index contributed by atoms with van der Waals surface area (Å²) >= 11 is 0. The van der Waals surface area contributed by atoms with Crippen LogP contribution in [-0.4, -0.2) is 44.8 Å². The molecule has 9 atom stereocenters. The molecule has 0 aromatic heterocycles. The third-order valence-electron chi connectivity index (χ3n) is 9.29. The van der Waals surface area contributed by atoms with Crippen LogP contribution in [0.3, 0.4) is 0 Å². The first-order valence-corrected chi connectivity index (χ1v) is 9.95. The Labute approximate surface area is 145 Å². The van der Waals surface area contributed by atoms with E-state index in [4.69, 9.17) is 0 Å². The largest absolute Gasteiger partial charge is 0.393 e. The van der Waals surface area contributed by atoms with E-state index in [-0.39, 0.29) is 18.1 Å². The van der Waals surface area contributed by atoms with Crippen LogP contribution < -0.4 is 0 Å². The molecule has 0 saturated heterocycles.